The molecule has 4 nitrogen and oxygen atoms in total. The smallest absolute Gasteiger partial charge is 0.240 e. The van der Waals surface area contributed by atoms with Crippen molar-refractivity contribution in [2.75, 3.05) is 10.6 Å². The molecule has 0 aliphatic heterocycles. The van der Waals surface area contributed by atoms with Gasteiger partial charge in [-0.15, -0.1) is 0 Å². The van der Waals surface area contributed by atoms with Crippen LogP contribution in [0.5, 0.6) is 0 Å². The summed E-state index contributed by atoms with van der Waals surface area (Å²) in [4.78, 5) is 25.3. The standard InChI is InChI=1S/C20H22N2O2/c1-13-8-9-17(15(3)12-13)22-19(24)20(10-11-20)18(23)21-16-7-5-4-6-14(16)2/h4-9,12H,10-11H2,1-3H3,(H,21,23)(H,22,24). The quantitative estimate of drug-likeness (QED) is 0.837. The maximum Gasteiger partial charge on any atom is 0.240 e. The summed E-state index contributed by atoms with van der Waals surface area (Å²) in [6.07, 6.45) is 1.17. The van der Waals surface area contributed by atoms with E-state index in [1.165, 1.54) is 0 Å². The predicted molar refractivity (Wildman–Crippen MR) is 96.0 cm³/mol. The minimum atomic E-state index is -0.945. The largest absolute Gasteiger partial charge is 0.325 e. The minimum Gasteiger partial charge on any atom is -0.325 e. The summed E-state index contributed by atoms with van der Waals surface area (Å²) in [6, 6.07) is 13.4. The molecular formula is C20H22N2O2. The van der Waals surface area contributed by atoms with Gasteiger partial charge < -0.3 is 10.6 Å². The van der Waals surface area contributed by atoms with Gasteiger partial charge in [0, 0.05) is 11.4 Å². The van der Waals surface area contributed by atoms with Crippen molar-refractivity contribution < 1.29 is 9.59 Å². The summed E-state index contributed by atoms with van der Waals surface area (Å²) >= 11 is 0. The zero-order valence-corrected chi connectivity index (χ0v) is 14.3. The molecule has 0 heterocycles. The monoisotopic (exact) mass is 322 g/mol. The normalized spacial score (nSPS) is 14.8. The molecule has 2 N–H and O–H groups in total. The van der Waals surface area contributed by atoms with Gasteiger partial charge in [-0.2, -0.15) is 0 Å². The summed E-state index contributed by atoms with van der Waals surface area (Å²) in [5.41, 5.74) is 3.70. The first-order valence-corrected chi connectivity index (χ1v) is 8.18. The van der Waals surface area contributed by atoms with Crippen molar-refractivity contribution in [3.05, 3.63) is 59.2 Å². The van der Waals surface area contributed by atoms with Gasteiger partial charge in [-0.1, -0.05) is 35.9 Å². The number of carbonyl (C=O) groups is 2. The van der Waals surface area contributed by atoms with Gasteiger partial charge in [-0.05, 0) is 56.9 Å². The van der Waals surface area contributed by atoms with Crippen LogP contribution in [0.1, 0.15) is 29.5 Å². The van der Waals surface area contributed by atoms with Crippen LogP contribution in [0.4, 0.5) is 11.4 Å². The average Bonchev–Trinajstić information content (AvgIpc) is 3.34. The first-order valence-electron chi connectivity index (χ1n) is 8.18. The maximum absolute atomic E-state index is 12.7. The molecular weight excluding hydrogens is 300 g/mol. The maximum atomic E-state index is 12.7. The Labute approximate surface area is 142 Å². The van der Waals surface area contributed by atoms with Crippen LogP contribution >= 0.6 is 0 Å². The summed E-state index contributed by atoms with van der Waals surface area (Å²) in [5.74, 6) is -0.445. The Hall–Kier alpha value is -2.62. The molecule has 2 aromatic carbocycles. The third-order valence-electron chi connectivity index (χ3n) is 4.64. The van der Waals surface area contributed by atoms with Crippen molar-refractivity contribution in [1.29, 1.82) is 0 Å². The Morgan fingerprint density at radius 3 is 1.96 bits per heavy atom. The fourth-order valence-corrected chi connectivity index (χ4v) is 2.83. The Kier molecular flexibility index (Phi) is 4.14. The molecule has 124 valence electrons. The van der Waals surface area contributed by atoms with E-state index in [9.17, 15) is 9.59 Å². The Balaban J connectivity index is 1.74. The van der Waals surface area contributed by atoms with E-state index in [2.05, 4.69) is 10.6 Å². The van der Waals surface area contributed by atoms with E-state index in [0.29, 0.717) is 12.8 Å². The zero-order valence-electron chi connectivity index (χ0n) is 14.3. The number of para-hydroxylation sites is 1. The van der Waals surface area contributed by atoms with Crippen molar-refractivity contribution in [2.45, 2.75) is 33.6 Å². The number of hydrogen-bond donors (Lipinski definition) is 2. The Morgan fingerprint density at radius 1 is 0.833 bits per heavy atom. The molecule has 1 aliphatic carbocycles. The molecule has 0 unspecified atom stereocenters. The number of amides is 2. The van der Waals surface area contributed by atoms with Crippen molar-refractivity contribution in [1.82, 2.24) is 0 Å². The number of aryl methyl sites for hydroxylation is 3. The molecule has 2 amide bonds. The number of carbonyl (C=O) groups excluding carboxylic acids is 2. The average molecular weight is 322 g/mol. The highest BCUT2D eigenvalue weighted by atomic mass is 16.2. The van der Waals surface area contributed by atoms with Crippen molar-refractivity contribution in [3.63, 3.8) is 0 Å². The van der Waals surface area contributed by atoms with Crippen LogP contribution in [0, 0.1) is 26.2 Å². The van der Waals surface area contributed by atoms with Gasteiger partial charge in [-0.25, -0.2) is 0 Å². The van der Waals surface area contributed by atoms with Crippen molar-refractivity contribution in [3.8, 4) is 0 Å². The summed E-state index contributed by atoms with van der Waals surface area (Å²) in [5, 5.41) is 5.83. The van der Waals surface area contributed by atoms with Crippen molar-refractivity contribution in [2.24, 2.45) is 5.41 Å². The second-order valence-electron chi connectivity index (χ2n) is 6.62. The van der Waals surface area contributed by atoms with E-state index in [4.69, 9.17) is 0 Å². The predicted octanol–water partition coefficient (Wildman–Crippen LogP) is 3.97. The minimum absolute atomic E-state index is 0.222. The highest BCUT2D eigenvalue weighted by Crippen LogP contribution is 2.47. The molecule has 1 fully saturated rings. The van der Waals surface area contributed by atoms with E-state index in [-0.39, 0.29) is 11.8 Å². The lowest BCUT2D eigenvalue weighted by atomic mass is 10.0. The van der Waals surface area contributed by atoms with E-state index in [1.54, 1.807) is 0 Å². The van der Waals surface area contributed by atoms with Gasteiger partial charge in [0.15, 0.2) is 0 Å². The first-order chi connectivity index (χ1) is 11.4. The molecule has 24 heavy (non-hydrogen) atoms. The molecule has 0 radical (unpaired) electrons. The van der Waals surface area contributed by atoms with Crippen LogP contribution in [-0.2, 0) is 9.59 Å². The lowest BCUT2D eigenvalue weighted by Gasteiger charge is -2.17. The lowest BCUT2D eigenvalue weighted by molar-refractivity contribution is -0.131. The molecule has 4 heteroatoms. The Morgan fingerprint density at radius 2 is 1.42 bits per heavy atom. The SMILES string of the molecule is Cc1ccc(NC(=O)C2(C(=O)Nc3ccccc3C)CC2)c(C)c1. The molecule has 0 spiro atoms. The van der Waals surface area contributed by atoms with Crippen LogP contribution in [0.15, 0.2) is 42.5 Å². The summed E-state index contributed by atoms with van der Waals surface area (Å²) < 4.78 is 0. The van der Waals surface area contributed by atoms with Gasteiger partial charge >= 0.3 is 0 Å². The molecule has 1 aliphatic rings. The van der Waals surface area contributed by atoms with E-state index >= 15 is 0 Å². The van der Waals surface area contributed by atoms with Crippen LogP contribution in [0.25, 0.3) is 0 Å². The number of nitrogens with one attached hydrogen (secondary N) is 2. The highest BCUT2D eigenvalue weighted by Gasteiger charge is 2.56. The van der Waals surface area contributed by atoms with Crippen LogP contribution in [-0.4, -0.2) is 11.8 Å². The first kappa shape index (κ1) is 16.2. The molecule has 0 saturated heterocycles. The van der Waals surface area contributed by atoms with Gasteiger partial charge in [0.05, 0.1) is 0 Å². The third kappa shape index (κ3) is 3.04. The molecule has 3 rings (SSSR count). The summed E-state index contributed by atoms with van der Waals surface area (Å²) in [7, 11) is 0. The second-order valence-corrected chi connectivity index (χ2v) is 6.62. The summed E-state index contributed by atoms with van der Waals surface area (Å²) in [6.45, 7) is 5.90. The van der Waals surface area contributed by atoms with E-state index in [1.807, 2.05) is 63.2 Å². The Bertz CT molecular complexity index is 807. The van der Waals surface area contributed by atoms with E-state index < -0.39 is 5.41 Å². The highest BCUT2D eigenvalue weighted by molar-refractivity contribution is 6.17. The molecule has 0 bridgehead atoms. The molecule has 1 saturated carbocycles. The fraction of sp³-hybridized carbons (Fsp3) is 0.300. The van der Waals surface area contributed by atoms with Crippen LogP contribution < -0.4 is 10.6 Å². The fourth-order valence-electron chi connectivity index (χ4n) is 2.83. The number of rotatable bonds is 4. The zero-order chi connectivity index (χ0) is 17.3. The van der Waals surface area contributed by atoms with Gasteiger partial charge in [0.2, 0.25) is 11.8 Å². The molecule has 0 aromatic heterocycles. The topological polar surface area (TPSA) is 58.2 Å². The van der Waals surface area contributed by atoms with E-state index in [0.717, 1.165) is 28.1 Å². The number of hydrogen-bond acceptors (Lipinski definition) is 2. The van der Waals surface area contributed by atoms with Crippen LogP contribution in [0.3, 0.4) is 0 Å². The van der Waals surface area contributed by atoms with Crippen LogP contribution in [0.2, 0.25) is 0 Å². The molecule has 2 aromatic rings. The van der Waals surface area contributed by atoms with Gasteiger partial charge in [0.1, 0.15) is 5.41 Å². The van der Waals surface area contributed by atoms with Gasteiger partial charge in [0.25, 0.3) is 0 Å². The van der Waals surface area contributed by atoms with Crippen molar-refractivity contribution >= 4 is 23.2 Å². The number of anilines is 2. The van der Waals surface area contributed by atoms with Gasteiger partial charge in [-0.3, -0.25) is 9.59 Å². The molecule has 0 atom stereocenters. The third-order valence-corrected chi connectivity index (χ3v) is 4.64. The number of benzene rings is 2. The second kappa shape index (κ2) is 6.11. The lowest BCUT2D eigenvalue weighted by Crippen LogP contribution is -2.36.